The van der Waals surface area contributed by atoms with Gasteiger partial charge in [0.05, 0.1) is 0 Å². The standard InChI is InChI=1S/C15H23N3O/c1-11-10-13(8-9-16-11)17-15(19)12-4-6-14(7-5-12)18(2)3/h4-7,11,13,16H,8-10H2,1-3H3,(H,17,19). The fourth-order valence-corrected chi connectivity index (χ4v) is 2.44. The maximum Gasteiger partial charge on any atom is 0.251 e. The molecule has 2 rings (SSSR count). The largest absolute Gasteiger partial charge is 0.378 e. The number of carbonyl (C=O) groups is 1. The average Bonchev–Trinajstić information content (AvgIpc) is 2.39. The van der Waals surface area contributed by atoms with Crippen LogP contribution in [-0.4, -0.2) is 38.6 Å². The molecule has 2 unspecified atom stereocenters. The Bertz CT molecular complexity index is 428. The molecule has 1 aromatic rings. The number of anilines is 1. The Hall–Kier alpha value is -1.55. The molecular weight excluding hydrogens is 238 g/mol. The lowest BCUT2D eigenvalue weighted by molar-refractivity contribution is 0.0925. The monoisotopic (exact) mass is 261 g/mol. The third-order valence-electron chi connectivity index (χ3n) is 3.60. The smallest absolute Gasteiger partial charge is 0.251 e. The van der Waals surface area contributed by atoms with E-state index in [0.717, 1.165) is 30.6 Å². The first kappa shape index (κ1) is 13.9. The van der Waals surface area contributed by atoms with Gasteiger partial charge in [0, 0.05) is 37.4 Å². The molecular formula is C15H23N3O. The molecule has 0 bridgehead atoms. The minimum atomic E-state index is 0.0319. The third-order valence-corrected chi connectivity index (χ3v) is 3.60. The van der Waals surface area contributed by atoms with E-state index in [1.54, 1.807) is 0 Å². The van der Waals surface area contributed by atoms with Gasteiger partial charge < -0.3 is 15.5 Å². The summed E-state index contributed by atoms with van der Waals surface area (Å²) in [5, 5.41) is 6.51. The highest BCUT2D eigenvalue weighted by Gasteiger charge is 2.20. The van der Waals surface area contributed by atoms with Gasteiger partial charge in [-0.15, -0.1) is 0 Å². The van der Waals surface area contributed by atoms with Gasteiger partial charge >= 0.3 is 0 Å². The first-order chi connectivity index (χ1) is 9.06. The van der Waals surface area contributed by atoms with E-state index in [-0.39, 0.29) is 11.9 Å². The highest BCUT2D eigenvalue weighted by Crippen LogP contribution is 2.13. The van der Waals surface area contributed by atoms with Crippen molar-refractivity contribution in [1.29, 1.82) is 0 Å². The number of hydrogen-bond donors (Lipinski definition) is 2. The van der Waals surface area contributed by atoms with Crippen molar-refractivity contribution >= 4 is 11.6 Å². The Balaban J connectivity index is 1.95. The molecule has 0 aliphatic carbocycles. The van der Waals surface area contributed by atoms with E-state index in [1.165, 1.54) is 0 Å². The highest BCUT2D eigenvalue weighted by molar-refractivity contribution is 5.94. The van der Waals surface area contributed by atoms with E-state index in [4.69, 9.17) is 0 Å². The van der Waals surface area contributed by atoms with Gasteiger partial charge in [-0.2, -0.15) is 0 Å². The molecule has 2 N–H and O–H groups in total. The molecule has 0 aromatic heterocycles. The van der Waals surface area contributed by atoms with Gasteiger partial charge in [0.15, 0.2) is 0 Å². The molecule has 4 nitrogen and oxygen atoms in total. The SMILES string of the molecule is CC1CC(NC(=O)c2ccc(N(C)C)cc2)CCN1. The fourth-order valence-electron chi connectivity index (χ4n) is 2.44. The third kappa shape index (κ3) is 3.70. The lowest BCUT2D eigenvalue weighted by atomic mass is 10.0. The van der Waals surface area contributed by atoms with Gasteiger partial charge in [-0.05, 0) is 50.6 Å². The van der Waals surface area contributed by atoms with E-state index >= 15 is 0 Å². The van der Waals surface area contributed by atoms with Gasteiger partial charge in [0.2, 0.25) is 0 Å². The molecule has 19 heavy (non-hydrogen) atoms. The Morgan fingerprint density at radius 2 is 2.00 bits per heavy atom. The quantitative estimate of drug-likeness (QED) is 0.869. The number of nitrogens with one attached hydrogen (secondary N) is 2. The topological polar surface area (TPSA) is 44.4 Å². The molecule has 2 atom stereocenters. The van der Waals surface area contributed by atoms with Crippen molar-refractivity contribution in [2.24, 2.45) is 0 Å². The maximum absolute atomic E-state index is 12.2. The summed E-state index contributed by atoms with van der Waals surface area (Å²) in [7, 11) is 3.98. The lowest BCUT2D eigenvalue weighted by Gasteiger charge is -2.28. The molecule has 104 valence electrons. The van der Waals surface area contributed by atoms with Crippen molar-refractivity contribution < 1.29 is 4.79 Å². The number of rotatable bonds is 3. The number of hydrogen-bond acceptors (Lipinski definition) is 3. The van der Waals surface area contributed by atoms with Crippen LogP contribution in [0.15, 0.2) is 24.3 Å². The first-order valence-corrected chi connectivity index (χ1v) is 6.88. The normalized spacial score (nSPS) is 22.9. The second kappa shape index (κ2) is 6.06. The van der Waals surface area contributed by atoms with Crippen molar-refractivity contribution in [3.8, 4) is 0 Å². The van der Waals surface area contributed by atoms with Crippen molar-refractivity contribution in [3.05, 3.63) is 29.8 Å². The Morgan fingerprint density at radius 1 is 1.32 bits per heavy atom. The van der Waals surface area contributed by atoms with Crippen molar-refractivity contribution in [1.82, 2.24) is 10.6 Å². The van der Waals surface area contributed by atoms with Crippen LogP contribution in [-0.2, 0) is 0 Å². The number of nitrogens with zero attached hydrogens (tertiary/aromatic N) is 1. The second-order valence-electron chi connectivity index (χ2n) is 5.49. The molecule has 1 aliphatic heterocycles. The Kier molecular flexibility index (Phi) is 4.43. The molecule has 1 heterocycles. The van der Waals surface area contributed by atoms with Gasteiger partial charge in [-0.25, -0.2) is 0 Å². The zero-order chi connectivity index (χ0) is 13.8. The van der Waals surface area contributed by atoms with Crippen LogP contribution >= 0.6 is 0 Å². The predicted octanol–water partition coefficient (Wildman–Crippen LogP) is 1.62. The predicted molar refractivity (Wildman–Crippen MR) is 78.7 cm³/mol. The van der Waals surface area contributed by atoms with Crippen molar-refractivity contribution in [2.75, 3.05) is 25.5 Å². The van der Waals surface area contributed by atoms with Crippen LogP contribution in [0.1, 0.15) is 30.1 Å². The minimum absolute atomic E-state index is 0.0319. The molecule has 1 fully saturated rings. The summed E-state index contributed by atoms with van der Waals surface area (Å²) >= 11 is 0. The molecule has 0 spiro atoms. The lowest BCUT2D eigenvalue weighted by Crippen LogP contribution is -2.46. The van der Waals surface area contributed by atoms with E-state index in [1.807, 2.05) is 43.3 Å². The van der Waals surface area contributed by atoms with Crippen LogP contribution in [0, 0.1) is 0 Å². The highest BCUT2D eigenvalue weighted by atomic mass is 16.1. The van der Waals surface area contributed by atoms with Crippen LogP contribution < -0.4 is 15.5 Å². The molecule has 4 heteroatoms. The van der Waals surface area contributed by atoms with Gasteiger partial charge in [-0.3, -0.25) is 4.79 Å². The van der Waals surface area contributed by atoms with E-state index in [9.17, 15) is 4.79 Å². The molecule has 0 saturated carbocycles. The summed E-state index contributed by atoms with van der Waals surface area (Å²) < 4.78 is 0. The summed E-state index contributed by atoms with van der Waals surface area (Å²) in [6.45, 7) is 3.13. The van der Waals surface area contributed by atoms with Crippen LogP contribution in [0.3, 0.4) is 0 Å². The summed E-state index contributed by atoms with van der Waals surface area (Å²) in [6, 6.07) is 8.48. The zero-order valence-electron chi connectivity index (χ0n) is 11.9. The van der Waals surface area contributed by atoms with Gasteiger partial charge in [-0.1, -0.05) is 0 Å². The maximum atomic E-state index is 12.2. The van der Waals surface area contributed by atoms with E-state index < -0.39 is 0 Å². The van der Waals surface area contributed by atoms with Crippen LogP contribution in [0.25, 0.3) is 0 Å². The summed E-state index contributed by atoms with van der Waals surface area (Å²) in [5.41, 5.74) is 1.84. The average molecular weight is 261 g/mol. The van der Waals surface area contributed by atoms with Crippen LogP contribution in [0.5, 0.6) is 0 Å². The summed E-state index contributed by atoms with van der Waals surface area (Å²) in [5.74, 6) is 0.0319. The zero-order valence-corrected chi connectivity index (χ0v) is 11.9. The minimum Gasteiger partial charge on any atom is -0.378 e. The first-order valence-electron chi connectivity index (χ1n) is 6.88. The number of piperidine rings is 1. The van der Waals surface area contributed by atoms with Crippen molar-refractivity contribution in [2.45, 2.75) is 31.8 Å². The number of benzene rings is 1. The summed E-state index contributed by atoms with van der Waals surface area (Å²) in [6.07, 6.45) is 2.01. The summed E-state index contributed by atoms with van der Waals surface area (Å²) in [4.78, 5) is 14.2. The molecule has 1 amide bonds. The van der Waals surface area contributed by atoms with Gasteiger partial charge in [0.1, 0.15) is 0 Å². The molecule has 1 aliphatic rings. The van der Waals surface area contributed by atoms with Gasteiger partial charge in [0.25, 0.3) is 5.91 Å². The Morgan fingerprint density at radius 3 is 2.58 bits per heavy atom. The van der Waals surface area contributed by atoms with Crippen LogP contribution in [0.4, 0.5) is 5.69 Å². The fraction of sp³-hybridized carbons (Fsp3) is 0.533. The second-order valence-corrected chi connectivity index (χ2v) is 5.49. The molecule has 1 saturated heterocycles. The van der Waals surface area contributed by atoms with Crippen molar-refractivity contribution in [3.63, 3.8) is 0 Å². The Labute approximate surface area is 115 Å². The number of amides is 1. The van der Waals surface area contributed by atoms with E-state index in [2.05, 4.69) is 17.6 Å². The van der Waals surface area contributed by atoms with E-state index in [0.29, 0.717) is 6.04 Å². The molecule has 0 radical (unpaired) electrons. The molecule has 1 aromatic carbocycles. The van der Waals surface area contributed by atoms with Crippen LogP contribution in [0.2, 0.25) is 0 Å². The number of carbonyl (C=O) groups excluding carboxylic acids is 1.